The van der Waals surface area contributed by atoms with E-state index in [1.165, 1.54) is 18.4 Å². The van der Waals surface area contributed by atoms with Crippen molar-refractivity contribution in [2.75, 3.05) is 18.9 Å². The highest BCUT2D eigenvalue weighted by atomic mass is 32.2. The fraction of sp³-hybridized carbons (Fsp3) is 0.667. The van der Waals surface area contributed by atoms with Gasteiger partial charge in [0.05, 0.1) is 6.10 Å². The van der Waals surface area contributed by atoms with Gasteiger partial charge >= 0.3 is 0 Å². The van der Waals surface area contributed by atoms with E-state index >= 15 is 0 Å². The van der Waals surface area contributed by atoms with Gasteiger partial charge in [0.25, 0.3) is 0 Å². The van der Waals surface area contributed by atoms with Gasteiger partial charge in [0, 0.05) is 23.7 Å². The Labute approximate surface area is 134 Å². The molecule has 1 saturated heterocycles. The number of hydrogen-bond acceptors (Lipinski definition) is 3. The third-order valence-electron chi connectivity index (χ3n) is 4.07. The van der Waals surface area contributed by atoms with Crippen LogP contribution in [0.25, 0.3) is 0 Å². The maximum atomic E-state index is 5.79. The molecule has 1 aliphatic heterocycles. The van der Waals surface area contributed by atoms with Gasteiger partial charge in [-0.25, -0.2) is 0 Å². The average molecular weight is 308 g/mol. The normalized spacial score (nSPS) is 21.6. The van der Waals surface area contributed by atoms with E-state index in [-0.39, 0.29) is 0 Å². The number of thioether (sulfide) groups is 1. The Balaban J connectivity index is 2.04. The highest BCUT2D eigenvalue weighted by Gasteiger charge is 2.27. The van der Waals surface area contributed by atoms with Crippen molar-refractivity contribution in [1.29, 1.82) is 0 Å². The second-order valence-electron chi connectivity index (χ2n) is 6.12. The molecule has 21 heavy (non-hydrogen) atoms. The lowest BCUT2D eigenvalue weighted by molar-refractivity contribution is 0.128. The largest absolute Gasteiger partial charge is 0.377 e. The van der Waals surface area contributed by atoms with Crippen LogP contribution in [0.4, 0.5) is 0 Å². The molecule has 3 atom stereocenters. The lowest BCUT2D eigenvalue weighted by Crippen LogP contribution is -2.34. The van der Waals surface area contributed by atoms with Crippen molar-refractivity contribution in [3.8, 4) is 0 Å². The van der Waals surface area contributed by atoms with Crippen LogP contribution in [0, 0.1) is 5.92 Å². The van der Waals surface area contributed by atoms with Crippen molar-refractivity contribution < 1.29 is 4.74 Å². The van der Waals surface area contributed by atoms with Crippen LogP contribution in [0.2, 0.25) is 0 Å². The molecule has 1 fully saturated rings. The molecule has 3 unspecified atom stereocenters. The minimum Gasteiger partial charge on any atom is -0.377 e. The van der Waals surface area contributed by atoms with Crippen LogP contribution in [0.1, 0.15) is 45.2 Å². The summed E-state index contributed by atoms with van der Waals surface area (Å²) in [4.78, 5) is 0. The minimum absolute atomic E-state index is 0.419. The molecule has 0 aliphatic carbocycles. The summed E-state index contributed by atoms with van der Waals surface area (Å²) < 4.78 is 5.79. The van der Waals surface area contributed by atoms with Crippen molar-refractivity contribution in [2.24, 2.45) is 5.92 Å². The van der Waals surface area contributed by atoms with E-state index in [1.54, 1.807) is 0 Å². The molecule has 0 saturated carbocycles. The van der Waals surface area contributed by atoms with E-state index in [0.29, 0.717) is 23.3 Å². The molecule has 1 aliphatic rings. The van der Waals surface area contributed by atoms with E-state index in [4.69, 9.17) is 4.74 Å². The Kier molecular flexibility index (Phi) is 7.08. The van der Waals surface area contributed by atoms with Crippen LogP contribution in [-0.2, 0) is 4.74 Å². The fourth-order valence-electron chi connectivity index (χ4n) is 2.97. The van der Waals surface area contributed by atoms with Crippen LogP contribution in [-0.4, -0.2) is 30.3 Å². The van der Waals surface area contributed by atoms with Gasteiger partial charge in [-0.05, 0) is 30.9 Å². The van der Waals surface area contributed by atoms with Gasteiger partial charge in [-0.15, -0.1) is 0 Å². The lowest BCUT2D eigenvalue weighted by Gasteiger charge is -2.31. The van der Waals surface area contributed by atoms with E-state index in [9.17, 15) is 0 Å². The summed E-state index contributed by atoms with van der Waals surface area (Å²) in [5, 5.41) is 4.27. The molecule has 0 amide bonds. The predicted molar refractivity (Wildman–Crippen MR) is 92.9 cm³/mol. The zero-order chi connectivity index (χ0) is 15.1. The highest BCUT2D eigenvalue weighted by Crippen LogP contribution is 2.34. The molecule has 2 nitrogen and oxygen atoms in total. The Morgan fingerprint density at radius 2 is 2.05 bits per heavy atom. The zero-order valence-corrected chi connectivity index (χ0v) is 14.4. The molecule has 1 aromatic carbocycles. The predicted octanol–water partition coefficient (Wildman–Crippen LogP) is 4.27. The first-order valence-corrected chi connectivity index (χ1v) is 9.28. The quantitative estimate of drug-likeness (QED) is 0.775. The van der Waals surface area contributed by atoms with Crippen molar-refractivity contribution in [3.63, 3.8) is 0 Å². The van der Waals surface area contributed by atoms with E-state index in [1.807, 2.05) is 0 Å². The number of ether oxygens (including phenoxy) is 1. The maximum absolute atomic E-state index is 5.79. The first-order chi connectivity index (χ1) is 10.2. The molecule has 118 valence electrons. The fourth-order valence-corrected chi connectivity index (χ4v) is 4.50. The Hall–Kier alpha value is -0.510. The molecule has 1 aromatic rings. The zero-order valence-electron chi connectivity index (χ0n) is 13.5. The summed E-state index contributed by atoms with van der Waals surface area (Å²) in [6.07, 6.45) is 2.93. The van der Waals surface area contributed by atoms with E-state index in [0.717, 1.165) is 18.9 Å². The van der Waals surface area contributed by atoms with Crippen molar-refractivity contribution in [2.45, 2.75) is 51.0 Å². The Morgan fingerprint density at radius 1 is 1.29 bits per heavy atom. The second-order valence-corrected chi connectivity index (χ2v) is 7.33. The van der Waals surface area contributed by atoms with Gasteiger partial charge in [0.15, 0.2) is 0 Å². The van der Waals surface area contributed by atoms with Crippen molar-refractivity contribution in [1.82, 2.24) is 5.32 Å². The van der Waals surface area contributed by atoms with Gasteiger partial charge < -0.3 is 10.1 Å². The van der Waals surface area contributed by atoms with Crippen LogP contribution in [0.15, 0.2) is 30.3 Å². The molecule has 0 radical (unpaired) electrons. The average Bonchev–Trinajstić information content (AvgIpc) is 3.00. The first kappa shape index (κ1) is 16.9. The van der Waals surface area contributed by atoms with E-state index < -0.39 is 0 Å². The third kappa shape index (κ3) is 5.01. The Bertz CT molecular complexity index is 389. The molecule has 1 heterocycles. The minimum atomic E-state index is 0.419. The summed E-state index contributed by atoms with van der Waals surface area (Å²) in [7, 11) is 0. The van der Waals surface area contributed by atoms with E-state index in [2.05, 4.69) is 68.2 Å². The molecule has 0 bridgehead atoms. The summed E-state index contributed by atoms with van der Waals surface area (Å²) in [6.45, 7) is 8.81. The number of hydrogen-bond donors (Lipinski definition) is 1. The molecular formula is C18H29NOS. The van der Waals surface area contributed by atoms with Gasteiger partial charge in [0.1, 0.15) is 0 Å². The smallest absolute Gasteiger partial charge is 0.0666 e. The Morgan fingerprint density at radius 3 is 2.62 bits per heavy atom. The summed E-state index contributed by atoms with van der Waals surface area (Å²) in [6, 6.07) is 11.3. The molecule has 0 aromatic heterocycles. The number of nitrogens with one attached hydrogen (secondary N) is 1. The topological polar surface area (TPSA) is 21.3 Å². The first-order valence-electron chi connectivity index (χ1n) is 8.24. The second kappa shape index (κ2) is 8.82. The third-order valence-corrected chi connectivity index (χ3v) is 5.83. The highest BCUT2D eigenvalue weighted by molar-refractivity contribution is 8.00. The number of benzene rings is 1. The summed E-state index contributed by atoms with van der Waals surface area (Å²) >= 11 is 2.08. The van der Waals surface area contributed by atoms with Crippen molar-refractivity contribution >= 4 is 11.8 Å². The molecular weight excluding hydrogens is 278 g/mol. The van der Waals surface area contributed by atoms with Crippen LogP contribution >= 0.6 is 11.8 Å². The van der Waals surface area contributed by atoms with Gasteiger partial charge in [-0.3, -0.25) is 0 Å². The van der Waals surface area contributed by atoms with Gasteiger partial charge in [0.2, 0.25) is 0 Å². The maximum Gasteiger partial charge on any atom is 0.0666 e. The molecule has 1 N–H and O–H groups in total. The monoisotopic (exact) mass is 307 g/mol. The summed E-state index contributed by atoms with van der Waals surface area (Å²) in [5.41, 5.74) is 1.40. The summed E-state index contributed by atoms with van der Waals surface area (Å²) in [5.74, 6) is 1.76. The van der Waals surface area contributed by atoms with Gasteiger partial charge in [-0.2, -0.15) is 11.8 Å². The molecule has 2 rings (SSSR count). The standard InChI is InChI=1S/C18H29NOS/c1-4-19-17(15-9-6-5-7-10-15)18(14(2)3)21-13-16-11-8-12-20-16/h5-7,9-10,14,16-19H,4,8,11-13H2,1-3H3. The van der Waals surface area contributed by atoms with Crippen LogP contribution in [0.5, 0.6) is 0 Å². The SMILES string of the molecule is CCNC(c1ccccc1)C(SCC1CCCO1)C(C)C. The lowest BCUT2D eigenvalue weighted by atomic mass is 9.96. The van der Waals surface area contributed by atoms with Crippen LogP contribution in [0.3, 0.4) is 0 Å². The number of rotatable bonds is 8. The van der Waals surface area contributed by atoms with Crippen LogP contribution < -0.4 is 5.32 Å². The molecule has 0 spiro atoms. The van der Waals surface area contributed by atoms with Crippen molar-refractivity contribution in [3.05, 3.63) is 35.9 Å². The van der Waals surface area contributed by atoms with Gasteiger partial charge in [-0.1, -0.05) is 51.1 Å². The molecule has 3 heteroatoms.